The van der Waals surface area contributed by atoms with Crippen LogP contribution in [-0.2, 0) is 49.6 Å². The SMILES string of the molecule is Cc1ccc(CCCC(=O)NCCC(F)C[C@H](NC(=O)CN2CCN(CC(=O)O)CCN(CC(=O)O)CCN(CC(=O)O)CC2)C(=O)NC(=O)C(C)CC(C)C(=O)N2CCC(CCCCOc3ccc4nccc(C(=O)NCC(=O)N5CC(F)(F)C[C@@H]5C#N)c4c3)CC2)cc1. The molecule has 0 radical (unpaired) electrons. The van der Waals surface area contributed by atoms with Crippen LogP contribution in [0.3, 0.4) is 0 Å². The van der Waals surface area contributed by atoms with Gasteiger partial charge in [-0.25, -0.2) is 13.2 Å². The number of unbranched alkanes of at least 4 members (excludes halogenated alkanes) is 1. The molecule has 3 aliphatic heterocycles. The number of carbonyl (C=O) groups excluding carboxylic acids is 7. The number of fused-ring (bicyclic) bond motifs is 1. The molecule has 7 amide bonds. The highest BCUT2D eigenvalue weighted by atomic mass is 19.3. The average Bonchev–Trinajstić information content (AvgIpc) is 1.80. The number of aromatic nitrogens is 1. The molecular formula is C66H91F3N12O14. The van der Waals surface area contributed by atoms with E-state index in [0.717, 1.165) is 41.7 Å². The number of aryl methyl sites for hydroxylation is 2. The molecule has 3 aromatic rings. The van der Waals surface area contributed by atoms with E-state index in [1.165, 1.54) is 12.3 Å². The fraction of sp³-hybridized carbons (Fsp3) is 0.606. The predicted molar refractivity (Wildman–Crippen MR) is 341 cm³/mol. The lowest BCUT2D eigenvalue weighted by atomic mass is 9.90. The van der Waals surface area contributed by atoms with Gasteiger partial charge in [-0.1, -0.05) is 50.1 Å². The molecule has 3 unspecified atom stereocenters. The number of rotatable bonds is 32. The number of likely N-dealkylation sites (tertiary alicyclic amines) is 2. The van der Waals surface area contributed by atoms with Gasteiger partial charge in [-0.15, -0.1) is 0 Å². The van der Waals surface area contributed by atoms with Crippen molar-refractivity contribution in [1.29, 1.82) is 5.26 Å². The van der Waals surface area contributed by atoms with Crippen LogP contribution >= 0.6 is 0 Å². The van der Waals surface area contributed by atoms with Crippen LogP contribution in [0.25, 0.3) is 10.9 Å². The molecule has 7 N–H and O–H groups in total. The van der Waals surface area contributed by atoms with Crippen LogP contribution in [0.5, 0.6) is 5.75 Å². The zero-order valence-electron chi connectivity index (χ0n) is 54.4. The molecule has 3 fully saturated rings. The summed E-state index contributed by atoms with van der Waals surface area (Å²) in [6, 6.07) is 13.3. The van der Waals surface area contributed by atoms with Crippen molar-refractivity contribution in [2.75, 3.05) is 118 Å². The topological polar surface area (TPSA) is 345 Å². The van der Waals surface area contributed by atoms with E-state index in [4.69, 9.17) is 4.74 Å². The van der Waals surface area contributed by atoms with E-state index in [2.05, 4.69) is 26.3 Å². The summed E-state index contributed by atoms with van der Waals surface area (Å²) in [5, 5.41) is 48.7. The van der Waals surface area contributed by atoms with Gasteiger partial charge in [0, 0.05) is 115 Å². The molecule has 0 bridgehead atoms. The summed E-state index contributed by atoms with van der Waals surface area (Å²) in [4.78, 5) is 143. The number of nitrogens with one attached hydrogen (secondary N) is 4. The molecule has 26 nitrogen and oxygen atoms in total. The third-order valence-electron chi connectivity index (χ3n) is 17.4. The third-order valence-corrected chi connectivity index (χ3v) is 17.4. The molecule has 2 aromatic carbocycles. The maximum atomic E-state index is 16.0. The summed E-state index contributed by atoms with van der Waals surface area (Å²) in [6.45, 7) is 4.45. The lowest BCUT2D eigenvalue weighted by molar-refractivity contribution is -0.140. The number of hydrogen-bond donors (Lipinski definition) is 7. The number of aliphatic carboxylic acids is 3. The van der Waals surface area contributed by atoms with Gasteiger partial charge in [0.15, 0.2) is 0 Å². The first kappa shape index (κ1) is 75.7. The number of carboxylic acid groups (broad SMARTS) is 3. The van der Waals surface area contributed by atoms with Crippen LogP contribution < -0.4 is 26.0 Å². The maximum Gasteiger partial charge on any atom is 0.317 e. The highest BCUT2D eigenvalue weighted by molar-refractivity contribution is 6.07. The molecule has 29 heteroatoms. The van der Waals surface area contributed by atoms with Crippen molar-refractivity contribution >= 4 is 70.2 Å². The standard InChI is InChI=1S/C66H91F3N12O14/c1-44-10-12-47(13-11-44)8-6-9-56(82)72-20-16-49(67)34-55(74-57(83)39-76-24-26-77(40-59(85)86)28-30-79(42-61(89)90)31-29-78(27-25-76)41-60(87)88)64(93)75-62(91)45(2)33-46(3)65(94)80-22-18-48(19-23-80)7-4-5-32-95-51-14-15-54-53(35-51)52(17-21-71-54)63(92)73-38-58(84)81-43-66(68,69)36-50(81)37-70/h10-15,17,21,35,45-46,48-50,55H,4-9,16,18-20,22-34,36,38-43H2,1-3H3,(H,72,82)(H,73,92)(H,74,83)(H,85,86)(H,87,88)(H,89,90)(H,75,91,93)/t45?,46?,49?,50-,55+/m1/s1. The monoisotopic (exact) mass is 1330 g/mol. The Morgan fingerprint density at radius 1 is 0.726 bits per heavy atom. The largest absolute Gasteiger partial charge is 0.494 e. The van der Waals surface area contributed by atoms with E-state index in [0.29, 0.717) is 61.5 Å². The molecule has 3 aliphatic rings. The second kappa shape index (κ2) is 37.7. The van der Waals surface area contributed by atoms with E-state index in [-0.39, 0.29) is 102 Å². The van der Waals surface area contributed by atoms with E-state index < -0.39 is 129 Å². The van der Waals surface area contributed by atoms with Gasteiger partial charge in [-0.2, -0.15) is 5.26 Å². The van der Waals surface area contributed by atoms with Crippen molar-refractivity contribution in [2.24, 2.45) is 17.8 Å². The van der Waals surface area contributed by atoms with Gasteiger partial charge < -0.3 is 45.8 Å². The number of nitriles is 1. The highest BCUT2D eigenvalue weighted by Gasteiger charge is 2.47. The van der Waals surface area contributed by atoms with E-state index in [1.807, 2.05) is 31.2 Å². The maximum absolute atomic E-state index is 16.0. The van der Waals surface area contributed by atoms with Gasteiger partial charge in [0.05, 0.1) is 63.0 Å². The lowest BCUT2D eigenvalue weighted by Gasteiger charge is -2.34. The Morgan fingerprint density at radius 3 is 1.92 bits per heavy atom. The van der Waals surface area contributed by atoms with E-state index in [9.17, 15) is 77.3 Å². The van der Waals surface area contributed by atoms with Gasteiger partial charge in [0.2, 0.25) is 35.4 Å². The third kappa shape index (κ3) is 26.1. The van der Waals surface area contributed by atoms with Crippen molar-refractivity contribution in [1.82, 2.24) is 55.7 Å². The fourth-order valence-corrected chi connectivity index (χ4v) is 12.0. The second-order valence-electron chi connectivity index (χ2n) is 25.2. The van der Waals surface area contributed by atoms with E-state index >= 15 is 4.39 Å². The van der Waals surface area contributed by atoms with Gasteiger partial charge in [0.25, 0.3) is 11.8 Å². The van der Waals surface area contributed by atoms with Gasteiger partial charge in [-0.3, -0.25) is 77.8 Å². The smallest absolute Gasteiger partial charge is 0.317 e. The Hall–Kier alpha value is -8.33. The number of imide groups is 1. The lowest BCUT2D eigenvalue weighted by Crippen LogP contribution is -2.54. The number of halogens is 3. The molecule has 0 spiro atoms. The van der Waals surface area contributed by atoms with Crippen LogP contribution in [0.4, 0.5) is 13.2 Å². The number of amides is 7. The second-order valence-corrected chi connectivity index (χ2v) is 25.2. The van der Waals surface area contributed by atoms with Crippen LogP contribution in [0.1, 0.15) is 106 Å². The molecule has 6 rings (SSSR count). The summed E-state index contributed by atoms with van der Waals surface area (Å²) < 4.78 is 49.9. The van der Waals surface area contributed by atoms with Gasteiger partial charge >= 0.3 is 17.9 Å². The number of nitrogens with zero attached hydrogens (tertiary/aromatic N) is 8. The van der Waals surface area contributed by atoms with Crippen molar-refractivity contribution in [3.63, 3.8) is 0 Å². The van der Waals surface area contributed by atoms with Crippen LogP contribution in [0.2, 0.25) is 0 Å². The van der Waals surface area contributed by atoms with Crippen LogP contribution in [0, 0.1) is 36.0 Å². The molecule has 4 heterocycles. The van der Waals surface area contributed by atoms with Gasteiger partial charge in [-0.05, 0) is 94.0 Å². The summed E-state index contributed by atoms with van der Waals surface area (Å²) in [5.74, 6) is -11.6. The quantitative estimate of drug-likeness (QED) is 0.0441. The zero-order valence-corrected chi connectivity index (χ0v) is 54.4. The number of carboxylic acids is 3. The van der Waals surface area contributed by atoms with E-state index in [1.54, 1.807) is 62.6 Å². The Bertz CT molecular complexity index is 3140. The van der Waals surface area contributed by atoms with Gasteiger partial charge in [0.1, 0.15) is 24.0 Å². The summed E-state index contributed by atoms with van der Waals surface area (Å²) in [6.07, 6.45) is 3.53. The van der Waals surface area contributed by atoms with Crippen molar-refractivity contribution < 1.29 is 81.2 Å². The Balaban J connectivity index is 0.980. The number of alkyl halides is 3. The van der Waals surface area contributed by atoms with Crippen LogP contribution in [-0.4, -0.2) is 251 Å². The first-order valence-corrected chi connectivity index (χ1v) is 32.5. The molecule has 95 heavy (non-hydrogen) atoms. The minimum absolute atomic E-state index is 0.0636. The number of benzene rings is 2. The zero-order chi connectivity index (χ0) is 69.2. The molecular weight excluding hydrogens is 1240 g/mol. The number of hydrogen-bond acceptors (Lipinski definition) is 17. The molecule has 1 aromatic heterocycles. The number of piperidine rings is 1. The van der Waals surface area contributed by atoms with Crippen LogP contribution in [0.15, 0.2) is 54.7 Å². The minimum Gasteiger partial charge on any atom is -0.494 e. The van der Waals surface area contributed by atoms with Crippen molar-refractivity contribution in [3.05, 3.63) is 71.4 Å². The predicted octanol–water partition coefficient (Wildman–Crippen LogP) is 3.34. The average molecular weight is 1330 g/mol. The molecule has 0 aliphatic carbocycles. The highest BCUT2D eigenvalue weighted by Crippen LogP contribution is 2.32. The molecule has 0 saturated carbocycles. The molecule has 3 saturated heterocycles. The first-order chi connectivity index (χ1) is 45.2. The summed E-state index contributed by atoms with van der Waals surface area (Å²) in [7, 11) is 0. The van der Waals surface area contributed by atoms with Crippen molar-refractivity contribution in [3.8, 4) is 11.8 Å². The first-order valence-electron chi connectivity index (χ1n) is 32.5. The molecule has 520 valence electrons. The van der Waals surface area contributed by atoms with Crippen molar-refractivity contribution in [2.45, 2.75) is 122 Å². The summed E-state index contributed by atoms with van der Waals surface area (Å²) >= 11 is 0. The Morgan fingerprint density at radius 2 is 1.33 bits per heavy atom. The minimum atomic E-state index is -3.19. The number of pyridine rings is 1. The normalized spacial score (nSPS) is 18.4. The summed E-state index contributed by atoms with van der Waals surface area (Å²) in [5.41, 5.74) is 2.87. The number of carbonyl (C=O) groups is 10. The number of ether oxygens (including phenoxy) is 1. The molecule has 5 atom stereocenters. The Labute approximate surface area is 551 Å². The fourth-order valence-electron chi connectivity index (χ4n) is 12.0. The Kier molecular flexibility index (Phi) is 30.0.